The van der Waals surface area contributed by atoms with Crippen LogP contribution in [0, 0.1) is 6.92 Å². The maximum absolute atomic E-state index is 12.1. The standard InChI is InChI=1S/C14H26N6O/c1-11-17-12(14(21)16-7-9-20(4)5)10-13(18-11)15-6-8-19(2)3/h10H,6-9H2,1-5H3,(H,16,21)(H,15,17,18). The molecule has 0 fully saturated rings. The molecule has 0 atom stereocenters. The predicted molar refractivity (Wildman–Crippen MR) is 84.7 cm³/mol. The summed E-state index contributed by atoms with van der Waals surface area (Å²) in [5.41, 5.74) is 0.397. The van der Waals surface area contributed by atoms with Crippen LogP contribution in [0.3, 0.4) is 0 Å². The van der Waals surface area contributed by atoms with Crippen molar-refractivity contribution in [3.63, 3.8) is 0 Å². The van der Waals surface area contributed by atoms with Gasteiger partial charge in [0.1, 0.15) is 17.3 Å². The van der Waals surface area contributed by atoms with Crippen molar-refractivity contribution in [2.45, 2.75) is 6.92 Å². The van der Waals surface area contributed by atoms with Crippen LogP contribution in [-0.2, 0) is 0 Å². The first-order valence-corrected chi connectivity index (χ1v) is 7.05. The van der Waals surface area contributed by atoms with Crippen LogP contribution in [0.1, 0.15) is 16.3 Å². The van der Waals surface area contributed by atoms with Gasteiger partial charge < -0.3 is 20.4 Å². The van der Waals surface area contributed by atoms with E-state index in [1.165, 1.54) is 0 Å². The number of rotatable bonds is 8. The third-order valence-electron chi connectivity index (χ3n) is 2.78. The van der Waals surface area contributed by atoms with E-state index in [1.54, 1.807) is 13.0 Å². The van der Waals surface area contributed by atoms with Crippen LogP contribution in [0.15, 0.2) is 6.07 Å². The minimum Gasteiger partial charge on any atom is -0.369 e. The van der Waals surface area contributed by atoms with Gasteiger partial charge in [-0.1, -0.05) is 0 Å². The van der Waals surface area contributed by atoms with Gasteiger partial charge in [-0.3, -0.25) is 4.79 Å². The van der Waals surface area contributed by atoms with Gasteiger partial charge in [-0.05, 0) is 35.1 Å². The molecule has 0 spiro atoms. The number of nitrogens with zero attached hydrogens (tertiary/aromatic N) is 4. The van der Waals surface area contributed by atoms with Gasteiger partial charge in [-0.2, -0.15) is 0 Å². The Morgan fingerprint density at radius 3 is 2.33 bits per heavy atom. The van der Waals surface area contributed by atoms with E-state index in [1.807, 2.05) is 33.1 Å². The summed E-state index contributed by atoms with van der Waals surface area (Å²) in [4.78, 5) is 24.6. The summed E-state index contributed by atoms with van der Waals surface area (Å²) in [5.74, 6) is 1.10. The fraction of sp³-hybridized carbons (Fsp3) is 0.643. The maximum atomic E-state index is 12.1. The highest BCUT2D eigenvalue weighted by Gasteiger charge is 2.10. The van der Waals surface area contributed by atoms with Crippen molar-refractivity contribution in [1.29, 1.82) is 0 Å². The highest BCUT2D eigenvalue weighted by Crippen LogP contribution is 2.06. The Morgan fingerprint density at radius 1 is 1.10 bits per heavy atom. The van der Waals surface area contributed by atoms with Crippen LogP contribution < -0.4 is 10.6 Å². The molecule has 7 nitrogen and oxygen atoms in total. The van der Waals surface area contributed by atoms with Gasteiger partial charge in [0, 0.05) is 32.2 Å². The van der Waals surface area contributed by atoms with E-state index < -0.39 is 0 Å². The lowest BCUT2D eigenvalue weighted by atomic mass is 10.3. The number of amides is 1. The molecule has 118 valence electrons. The Kier molecular flexibility index (Phi) is 7.04. The van der Waals surface area contributed by atoms with E-state index in [4.69, 9.17) is 0 Å². The topological polar surface area (TPSA) is 73.4 Å². The van der Waals surface area contributed by atoms with Crippen molar-refractivity contribution in [1.82, 2.24) is 25.1 Å². The molecule has 0 aliphatic rings. The zero-order valence-electron chi connectivity index (χ0n) is 13.6. The van der Waals surface area contributed by atoms with E-state index in [2.05, 4.69) is 25.5 Å². The average Bonchev–Trinajstić information content (AvgIpc) is 2.37. The molecule has 0 bridgehead atoms. The second-order valence-electron chi connectivity index (χ2n) is 5.47. The molecule has 0 aliphatic heterocycles. The minimum absolute atomic E-state index is 0.169. The van der Waals surface area contributed by atoms with E-state index in [0.29, 0.717) is 23.9 Å². The molecular weight excluding hydrogens is 268 g/mol. The van der Waals surface area contributed by atoms with E-state index >= 15 is 0 Å². The number of nitrogens with one attached hydrogen (secondary N) is 2. The molecule has 0 saturated carbocycles. The van der Waals surface area contributed by atoms with Crippen molar-refractivity contribution >= 4 is 11.7 Å². The first-order valence-electron chi connectivity index (χ1n) is 7.05. The molecule has 1 amide bonds. The summed E-state index contributed by atoms with van der Waals surface area (Å²) >= 11 is 0. The van der Waals surface area contributed by atoms with Crippen LogP contribution in [-0.4, -0.2) is 80.0 Å². The van der Waals surface area contributed by atoms with Crippen LogP contribution in [0.2, 0.25) is 0 Å². The van der Waals surface area contributed by atoms with E-state index in [-0.39, 0.29) is 5.91 Å². The normalized spacial score (nSPS) is 11.0. The maximum Gasteiger partial charge on any atom is 0.270 e. The van der Waals surface area contributed by atoms with Crippen molar-refractivity contribution in [3.8, 4) is 0 Å². The second kappa shape index (κ2) is 8.53. The van der Waals surface area contributed by atoms with Crippen LogP contribution in [0.4, 0.5) is 5.82 Å². The quantitative estimate of drug-likeness (QED) is 0.706. The SMILES string of the molecule is Cc1nc(NCCN(C)C)cc(C(=O)NCCN(C)C)n1. The lowest BCUT2D eigenvalue weighted by Crippen LogP contribution is -2.32. The number of hydrogen-bond donors (Lipinski definition) is 2. The van der Waals surface area contributed by atoms with Gasteiger partial charge >= 0.3 is 0 Å². The molecule has 1 aromatic heterocycles. The fourth-order valence-electron chi connectivity index (χ4n) is 1.67. The van der Waals surface area contributed by atoms with Crippen LogP contribution in [0.25, 0.3) is 0 Å². The summed E-state index contributed by atoms with van der Waals surface area (Å²) in [6.45, 7) is 4.84. The lowest BCUT2D eigenvalue weighted by Gasteiger charge is -2.13. The molecule has 7 heteroatoms. The molecule has 1 heterocycles. The molecule has 21 heavy (non-hydrogen) atoms. The lowest BCUT2D eigenvalue weighted by molar-refractivity contribution is 0.0945. The second-order valence-corrected chi connectivity index (χ2v) is 5.47. The average molecular weight is 294 g/mol. The van der Waals surface area contributed by atoms with Crippen molar-refractivity contribution in [3.05, 3.63) is 17.6 Å². The molecular formula is C14H26N6O. The molecule has 1 rings (SSSR count). The summed E-state index contributed by atoms with van der Waals surface area (Å²) in [6, 6.07) is 1.69. The largest absolute Gasteiger partial charge is 0.369 e. The van der Waals surface area contributed by atoms with Crippen molar-refractivity contribution in [2.24, 2.45) is 0 Å². The smallest absolute Gasteiger partial charge is 0.270 e. The number of hydrogen-bond acceptors (Lipinski definition) is 6. The molecule has 2 N–H and O–H groups in total. The Labute approximate surface area is 126 Å². The number of carbonyl (C=O) groups excluding carboxylic acids is 1. The Hall–Kier alpha value is -1.73. The van der Waals surface area contributed by atoms with Crippen LogP contribution >= 0.6 is 0 Å². The van der Waals surface area contributed by atoms with Crippen LogP contribution in [0.5, 0.6) is 0 Å². The highest BCUT2D eigenvalue weighted by atomic mass is 16.1. The zero-order chi connectivity index (χ0) is 15.8. The first kappa shape index (κ1) is 17.3. The Bertz CT molecular complexity index is 461. The Balaban J connectivity index is 2.61. The molecule has 0 aliphatic carbocycles. The minimum atomic E-state index is -0.169. The number of aryl methyl sites for hydroxylation is 1. The monoisotopic (exact) mass is 294 g/mol. The molecule has 0 aromatic carbocycles. The molecule has 0 unspecified atom stereocenters. The summed E-state index contributed by atoms with van der Waals surface area (Å²) in [6.07, 6.45) is 0. The van der Waals surface area contributed by atoms with Gasteiger partial charge in [-0.15, -0.1) is 0 Å². The van der Waals surface area contributed by atoms with Gasteiger partial charge in [0.05, 0.1) is 0 Å². The first-order chi connectivity index (χ1) is 9.88. The van der Waals surface area contributed by atoms with Gasteiger partial charge in [0.25, 0.3) is 5.91 Å². The number of aromatic nitrogens is 2. The van der Waals surface area contributed by atoms with Gasteiger partial charge in [0.15, 0.2) is 0 Å². The third kappa shape index (κ3) is 7.01. The molecule has 1 aromatic rings. The predicted octanol–water partition coefficient (Wildman–Crippen LogP) is 0.0499. The third-order valence-corrected chi connectivity index (χ3v) is 2.78. The summed E-state index contributed by atoms with van der Waals surface area (Å²) in [7, 11) is 7.95. The number of carbonyl (C=O) groups is 1. The van der Waals surface area contributed by atoms with E-state index in [9.17, 15) is 4.79 Å². The Morgan fingerprint density at radius 2 is 1.71 bits per heavy atom. The summed E-state index contributed by atoms with van der Waals surface area (Å²) in [5, 5.41) is 6.06. The van der Waals surface area contributed by atoms with Crippen molar-refractivity contribution in [2.75, 3.05) is 59.7 Å². The molecule has 0 saturated heterocycles. The van der Waals surface area contributed by atoms with E-state index in [0.717, 1.165) is 19.6 Å². The fourth-order valence-corrected chi connectivity index (χ4v) is 1.67. The number of anilines is 1. The highest BCUT2D eigenvalue weighted by molar-refractivity contribution is 5.92. The van der Waals surface area contributed by atoms with Gasteiger partial charge in [-0.25, -0.2) is 9.97 Å². The zero-order valence-corrected chi connectivity index (χ0v) is 13.6. The summed E-state index contributed by atoms with van der Waals surface area (Å²) < 4.78 is 0. The van der Waals surface area contributed by atoms with Gasteiger partial charge in [0.2, 0.25) is 0 Å². The van der Waals surface area contributed by atoms with Crippen molar-refractivity contribution < 1.29 is 4.79 Å². The number of likely N-dealkylation sites (N-methyl/N-ethyl adjacent to an activating group) is 2. The molecule has 0 radical (unpaired) electrons.